The molecule has 2 aromatic rings. The van der Waals surface area contributed by atoms with Crippen molar-refractivity contribution in [3.8, 4) is 0 Å². The number of aryl methyl sites for hydroxylation is 1. The lowest BCUT2D eigenvalue weighted by Crippen LogP contribution is -2.34. The third-order valence-electron chi connectivity index (χ3n) is 5.78. The van der Waals surface area contributed by atoms with Gasteiger partial charge in [-0.3, -0.25) is 4.18 Å². The molecule has 1 N–H and O–H groups in total. The highest BCUT2D eigenvalue weighted by atomic mass is 32.2. The Labute approximate surface area is 200 Å². The Bertz CT molecular complexity index is 865. The molecule has 33 heavy (non-hydrogen) atoms. The first-order valence-electron chi connectivity index (χ1n) is 12.2. The Kier molecular flexibility index (Phi) is 12.7. The van der Waals surface area contributed by atoms with E-state index >= 15 is 0 Å². The number of hydrogen-bond acceptors (Lipinski definition) is 5. The lowest BCUT2D eigenvalue weighted by atomic mass is 10.0. The molecule has 0 aliphatic rings. The van der Waals surface area contributed by atoms with Crippen LogP contribution in [-0.2, 0) is 25.6 Å². The summed E-state index contributed by atoms with van der Waals surface area (Å²) in [5.41, 5.74) is 1.98. The molecule has 0 bridgehead atoms. The molecule has 0 saturated carbocycles. The Morgan fingerprint density at radius 1 is 0.848 bits per heavy atom. The van der Waals surface area contributed by atoms with Crippen LogP contribution in [0.5, 0.6) is 0 Å². The van der Waals surface area contributed by atoms with Gasteiger partial charge in [-0.25, -0.2) is 0 Å². The number of aliphatic hydroxyl groups excluding tert-OH is 1. The lowest BCUT2D eigenvalue weighted by Gasteiger charge is -2.23. The molecule has 2 rings (SSSR count). The van der Waals surface area contributed by atoms with Gasteiger partial charge < -0.3 is 9.84 Å². The van der Waals surface area contributed by atoms with Crippen molar-refractivity contribution in [2.75, 3.05) is 6.61 Å². The van der Waals surface area contributed by atoms with Gasteiger partial charge in [0.15, 0.2) is 0 Å². The second-order valence-electron chi connectivity index (χ2n) is 8.72. The predicted molar refractivity (Wildman–Crippen MR) is 133 cm³/mol. The van der Waals surface area contributed by atoms with Gasteiger partial charge in [-0.1, -0.05) is 106 Å². The van der Waals surface area contributed by atoms with Gasteiger partial charge in [-0.2, -0.15) is 8.42 Å². The summed E-state index contributed by atoms with van der Waals surface area (Å²) in [7, 11) is -3.93. The molecule has 0 aromatic heterocycles. The molecule has 0 radical (unpaired) electrons. The Hall–Kier alpha value is -1.73. The molecule has 184 valence electrons. The maximum Gasteiger partial charge on any atom is 0.297 e. The highest BCUT2D eigenvalue weighted by molar-refractivity contribution is 7.86. The van der Waals surface area contributed by atoms with E-state index in [0.29, 0.717) is 13.0 Å². The molecule has 0 unspecified atom stereocenters. The van der Waals surface area contributed by atoms with E-state index in [1.54, 1.807) is 12.1 Å². The minimum atomic E-state index is -3.93. The van der Waals surface area contributed by atoms with Crippen molar-refractivity contribution in [1.82, 2.24) is 0 Å². The quantitative estimate of drug-likeness (QED) is 0.218. The normalized spacial score (nSPS) is 13.7. The fraction of sp³-hybridized carbons (Fsp3) is 0.556. The second kappa shape index (κ2) is 15.2. The zero-order chi connectivity index (χ0) is 23.9. The molecule has 0 spiro atoms. The standard InChI is InChI=1S/C27H40O5S/c1-3-4-5-6-7-8-9-13-16-27(31-21-24-14-11-10-12-15-24)26(28)22-32-33(29,30)25-19-17-23(2)18-20-25/h10-12,14-15,17-20,26-28H,3-9,13,16,21-22H2,1-2H3/t26-,27-/m1/s1. The molecule has 0 fully saturated rings. The van der Waals surface area contributed by atoms with Gasteiger partial charge in [-0.15, -0.1) is 0 Å². The highest BCUT2D eigenvalue weighted by Gasteiger charge is 2.24. The van der Waals surface area contributed by atoms with Crippen LogP contribution in [0.25, 0.3) is 0 Å². The van der Waals surface area contributed by atoms with Crippen LogP contribution in [0.15, 0.2) is 59.5 Å². The van der Waals surface area contributed by atoms with Gasteiger partial charge in [0.05, 0.1) is 24.2 Å². The van der Waals surface area contributed by atoms with Gasteiger partial charge >= 0.3 is 0 Å². The number of aliphatic hydroxyl groups is 1. The fourth-order valence-corrected chi connectivity index (χ4v) is 4.61. The Morgan fingerprint density at radius 3 is 2.09 bits per heavy atom. The minimum Gasteiger partial charge on any atom is -0.388 e. The zero-order valence-corrected chi connectivity index (χ0v) is 20.9. The molecule has 0 amide bonds. The molecular weight excluding hydrogens is 436 g/mol. The van der Waals surface area contributed by atoms with Crippen LogP contribution in [0.3, 0.4) is 0 Å². The summed E-state index contributed by atoms with van der Waals surface area (Å²) in [6, 6.07) is 16.2. The molecule has 2 aromatic carbocycles. The summed E-state index contributed by atoms with van der Waals surface area (Å²) in [6.45, 7) is 4.15. The van der Waals surface area contributed by atoms with Crippen LogP contribution in [0, 0.1) is 6.92 Å². The van der Waals surface area contributed by atoms with Crippen molar-refractivity contribution in [1.29, 1.82) is 0 Å². The van der Waals surface area contributed by atoms with E-state index in [0.717, 1.165) is 24.0 Å². The summed E-state index contributed by atoms with van der Waals surface area (Å²) in [6.07, 6.45) is 8.67. The highest BCUT2D eigenvalue weighted by Crippen LogP contribution is 2.18. The molecule has 0 saturated heterocycles. The van der Waals surface area contributed by atoms with E-state index in [1.807, 2.05) is 37.3 Å². The Balaban J connectivity index is 1.86. The van der Waals surface area contributed by atoms with E-state index in [-0.39, 0.29) is 11.5 Å². The largest absolute Gasteiger partial charge is 0.388 e. The lowest BCUT2D eigenvalue weighted by molar-refractivity contribution is -0.0647. The fourth-order valence-electron chi connectivity index (χ4n) is 3.68. The maximum absolute atomic E-state index is 12.5. The van der Waals surface area contributed by atoms with Crippen LogP contribution in [0.1, 0.15) is 75.8 Å². The topological polar surface area (TPSA) is 72.8 Å². The smallest absolute Gasteiger partial charge is 0.297 e. The van der Waals surface area contributed by atoms with Crippen molar-refractivity contribution >= 4 is 10.1 Å². The average molecular weight is 477 g/mol. The monoisotopic (exact) mass is 476 g/mol. The molecule has 2 atom stereocenters. The van der Waals surface area contributed by atoms with E-state index in [9.17, 15) is 13.5 Å². The first-order chi connectivity index (χ1) is 15.9. The molecule has 0 aliphatic carbocycles. The van der Waals surface area contributed by atoms with E-state index in [1.165, 1.54) is 50.7 Å². The van der Waals surface area contributed by atoms with Crippen molar-refractivity contribution in [3.63, 3.8) is 0 Å². The summed E-state index contributed by atoms with van der Waals surface area (Å²) in [5, 5.41) is 10.7. The SMILES string of the molecule is CCCCCCCCCC[C@@H](OCc1ccccc1)[C@H](O)COS(=O)(=O)c1ccc(C)cc1. The summed E-state index contributed by atoms with van der Waals surface area (Å²) in [5.74, 6) is 0. The first kappa shape index (κ1) is 27.5. The van der Waals surface area contributed by atoms with Crippen molar-refractivity contribution in [3.05, 3.63) is 65.7 Å². The van der Waals surface area contributed by atoms with E-state index in [2.05, 4.69) is 6.92 Å². The average Bonchev–Trinajstić information content (AvgIpc) is 2.82. The third kappa shape index (κ3) is 10.8. The molecule has 5 nitrogen and oxygen atoms in total. The van der Waals surface area contributed by atoms with Gasteiger partial charge in [0.25, 0.3) is 10.1 Å². The van der Waals surface area contributed by atoms with Gasteiger partial charge in [0.1, 0.15) is 6.10 Å². The van der Waals surface area contributed by atoms with Crippen LogP contribution < -0.4 is 0 Å². The van der Waals surface area contributed by atoms with Crippen molar-refractivity contribution in [2.45, 2.75) is 95.3 Å². The molecular formula is C27H40O5S. The number of unbranched alkanes of at least 4 members (excludes halogenated alkanes) is 7. The summed E-state index contributed by atoms with van der Waals surface area (Å²) in [4.78, 5) is 0.0881. The molecule has 6 heteroatoms. The van der Waals surface area contributed by atoms with Crippen molar-refractivity contribution < 1.29 is 22.4 Å². The zero-order valence-electron chi connectivity index (χ0n) is 20.1. The molecule has 0 heterocycles. The first-order valence-corrected chi connectivity index (χ1v) is 13.6. The second-order valence-corrected chi connectivity index (χ2v) is 10.3. The minimum absolute atomic E-state index is 0.0881. The molecule has 0 aliphatic heterocycles. The number of rotatable bonds is 17. The van der Waals surface area contributed by atoms with Crippen LogP contribution in [0.4, 0.5) is 0 Å². The number of benzene rings is 2. The van der Waals surface area contributed by atoms with Crippen molar-refractivity contribution in [2.24, 2.45) is 0 Å². The van der Waals surface area contributed by atoms with E-state index in [4.69, 9.17) is 8.92 Å². The number of ether oxygens (including phenoxy) is 1. The van der Waals surface area contributed by atoms with Gasteiger partial charge in [0, 0.05) is 0 Å². The van der Waals surface area contributed by atoms with Crippen LogP contribution in [-0.4, -0.2) is 32.3 Å². The maximum atomic E-state index is 12.5. The predicted octanol–water partition coefficient (Wildman–Crippen LogP) is 6.18. The van der Waals surface area contributed by atoms with Gasteiger partial charge in [0.2, 0.25) is 0 Å². The van der Waals surface area contributed by atoms with Crippen LogP contribution in [0.2, 0.25) is 0 Å². The van der Waals surface area contributed by atoms with E-state index < -0.39 is 22.3 Å². The summed E-state index contributed by atoms with van der Waals surface area (Å²) >= 11 is 0. The Morgan fingerprint density at radius 2 is 1.45 bits per heavy atom. The third-order valence-corrected chi connectivity index (χ3v) is 7.08. The van der Waals surface area contributed by atoms with Crippen LogP contribution >= 0.6 is 0 Å². The van der Waals surface area contributed by atoms with Gasteiger partial charge in [-0.05, 0) is 31.0 Å². The number of hydrogen-bond donors (Lipinski definition) is 1. The summed E-state index contributed by atoms with van der Waals surface area (Å²) < 4.78 is 36.2.